The number of nitrogens with zero attached hydrogens (tertiary/aromatic N) is 2. The smallest absolute Gasteiger partial charge is 0.387 e. The second-order valence-electron chi connectivity index (χ2n) is 5.90. The summed E-state index contributed by atoms with van der Waals surface area (Å²) in [6, 6.07) is 6.13. The van der Waals surface area contributed by atoms with Gasteiger partial charge in [0.1, 0.15) is 5.82 Å². The van der Waals surface area contributed by atoms with E-state index in [4.69, 9.17) is 4.74 Å². The second kappa shape index (κ2) is 8.98. The van der Waals surface area contributed by atoms with Gasteiger partial charge in [0.05, 0.1) is 13.3 Å². The number of aromatic nitrogens is 2. The van der Waals surface area contributed by atoms with E-state index in [0.29, 0.717) is 23.8 Å². The van der Waals surface area contributed by atoms with E-state index in [1.807, 2.05) is 0 Å². The number of hydrogen-bond donors (Lipinski definition) is 1. The van der Waals surface area contributed by atoms with Gasteiger partial charge in [-0.3, -0.25) is 4.79 Å². The maximum atomic E-state index is 12.3. The molecule has 0 aliphatic heterocycles. The Morgan fingerprint density at radius 1 is 1.31 bits per heavy atom. The molecular weight excluding hydrogens is 344 g/mol. The van der Waals surface area contributed by atoms with Gasteiger partial charge in [0.25, 0.3) is 0 Å². The van der Waals surface area contributed by atoms with Crippen molar-refractivity contribution < 1.29 is 23.0 Å². The van der Waals surface area contributed by atoms with Crippen LogP contribution in [-0.4, -0.2) is 29.4 Å². The van der Waals surface area contributed by atoms with Crippen LogP contribution in [0.3, 0.4) is 0 Å². The predicted molar refractivity (Wildman–Crippen MR) is 94.4 cm³/mol. The third-order valence-electron chi connectivity index (χ3n) is 3.34. The van der Waals surface area contributed by atoms with E-state index in [0.717, 1.165) is 0 Å². The molecule has 0 aliphatic carbocycles. The monoisotopic (exact) mass is 365 g/mol. The third kappa shape index (κ3) is 5.58. The normalized spacial score (nSPS) is 11.3. The van der Waals surface area contributed by atoms with Gasteiger partial charge in [-0.1, -0.05) is 19.9 Å². The van der Waals surface area contributed by atoms with E-state index in [-0.39, 0.29) is 17.4 Å². The number of nitrogens with one attached hydrogen (secondary N) is 1. The molecule has 140 valence electrons. The lowest BCUT2D eigenvalue weighted by Gasteiger charge is -2.10. The fourth-order valence-corrected chi connectivity index (χ4v) is 2.25. The number of carbonyl (C=O) groups excluding carboxylic acids is 1. The minimum atomic E-state index is -2.94. The minimum absolute atomic E-state index is 0.0679. The summed E-state index contributed by atoms with van der Waals surface area (Å²) in [6.07, 6.45) is 4.51. The van der Waals surface area contributed by atoms with Crippen LogP contribution in [0.15, 0.2) is 36.5 Å². The Hall–Kier alpha value is -2.90. The number of halogens is 2. The van der Waals surface area contributed by atoms with Gasteiger partial charge in [-0.15, -0.1) is 0 Å². The van der Waals surface area contributed by atoms with Crippen molar-refractivity contribution in [3.05, 3.63) is 42.1 Å². The van der Waals surface area contributed by atoms with Gasteiger partial charge < -0.3 is 14.8 Å². The molecule has 1 aromatic heterocycles. The zero-order valence-corrected chi connectivity index (χ0v) is 14.8. The summed E-state index contributed by atoms with van der Waals surface area (Å²) >= 11 is 0. The average Bonchev–Trinajstić information content (AvgIpc) is 2.99. The van der Waals surface area contributed by atoms with Gasteiger partial charge in [-0.2, -0.15) is 13.9 Å². The molecule has 0 aliphatic rings. The molecule has 0 spiro atoms. The van der Waals surface area contributed by atoms with Crippen molar-refractivity contribution in [1.29, 1.82) is 0 Å². The lowest BCUT2D eigenvalue weighted by molar-refractivity contribution is -0.111. The van der Waals surface area contributed by atoms with Crippen LogP contribution in [0.1, 0.15) is 19.4 Å². The molecule has 2 rings (SSSR count). The maximum absolute atomic E-state index is 12.3. The van der Waals surface area contributed by atoms with Crippen LogP contribution in [0, 0.1) is 5.92 Å². The highest BCUT2D eigenvalue weighted by atomic mass is 19.3. The van der Waals surface area contributed by atoms with Crippen molar-refractivity contribution in [1.82, 2.24) is 9.78 Å². The average molecular weight is 365 g/mol. The Labute approximate surface area is 150 Å². The molecule has 8 heteroatoms. The van der Waals surface area contributed by atoms with Gasteiger partial charge in [-0.25, -0.2) is 4.68 Å². The van der Waals surface area contributed by atoms with Crippen molar-refractivity contribution in [2.45, 2.75) is 27.0 Å². The first-order valence-corrected chi connectivity index (χ1v) is 8.02. The Morgan fingerprint density at radius 2 is 2.08 bits per heavy atom. The number of amides is 1. The van der Waals surface area contributed by atoms with Crippen molar-refractivity contribution in [2.24, 2.45) is 5.92 Å². The number of hydrogen-bond acceptors (Lipinski definition) is 4. The van der Waals surface area contributed by atoms with Crippen molar-refractivity contribution in [2.75, 3.05) is 12.4 Å². The lowest BCUT2D eigenvalue weighted by Crippen LogP contribution is -2.15. The molecule has 1 N–H and O–H groups in total. The molecule has 0 atom stereocenters. The first-order valence-electron chi connectivity index (χ1n) is 8.02. The summed E-state index contributed by atoms with van der Waals surface area (Å²) in [5, 5.41) is 6.92. The summed E-state index contributed by atoms with van der Waals surface area (Å²) < 4.78 is 35.8. The largest absolute Gasteiger partial charge is 0.493 e. The number of benzene rings is 1. The fourth-order valence-electron chi connectivity index (χ4n) is 2.25. The molecule has 0 fully saturated rings. The van der Waals surface area contributed by atoms with Gasteiger partial charge in [0, 0.05) is 18.7 Å². The molecular formula is C18H21F2N3O3. The van der Waals surface area contributed by atoms with E-state index >= 15 is 0 Å². The van der Waals surface area contributed by atoms with Crippen LogP contribution < -0.4 is 14.8 Å². The molecule has 0 radical (unpaired) electrons. The summed E-state index contributed by atoms with van der Waals surface area (Å²) in [6.45, 7) is 1.87. The molecule has 6 nitrogen and oxygen atoms in total. The number of alkyl halides is 2. The first-order chi connectivity index (χ1) is 12.4. The molecule has 2 aromatic rings. The molecule has 0 saturated heterocycles. The van der Waals surface area contributed by atoms with Gasteiger partial charge >= 0.3 is 6.61 Å². The Morgan fingerprint density at radius 3 is 2.73 bits per heavy atom. The topological polar surface area (TPSA) is 65.4 Å². The van der Waals surface area contributed by atoms with Gasteiger partial charge in [0.2, 0.25) is 5.91 Å². The van der Waals surface area contributed by atoms with Crippen LogP contribution in [0.2, 0.25) is 0 Å². The van der Waals surface area contributed by atoms with Crippen LogP contribution in [-0.2, 0) is 11.3 Å². The molecule has 0 saturated carbocycles. The molecule has 1 amide bonds. The van der Waals surface area contributed by atoms with Gasteiger partial charge in [0.15, 0.2) is 11.5 Å². The van der Waals surface area contributed by atoms with Crippen LogP contribution in [0.25, 0.3) is 6.08 Å². The highest BCUT2D eigenvalue weighted by Gasteiger charge is 2.11. The fraction of sp³-hybridized carbons (Fsp3) is 0.333. The molecule has 0 unspecified atom stereocenters. The number of methoxy groups -OCH3 is 1. The van der Waals surface area contributed by atoms with Gasteiger partial charge in [-0.05, 0) is 29.7 Å². The zero-order valence-electron chi connectivity index (χ0n) is 14.8. The van der Waals surface area contributed by atoms with Crippen LogP contribution >= 0.6 is 0 Å². The van der Waals surface area contributed by atoms with E-state index in [9.17, 15) is 13.6 Å². The van der Waals surface area contributed by atoms with Crippen molar-refractivity contribution in [3.8, 4) is 11.5 Å². The zero-order chi connectivity index (χ0) is 19.1. The predicted octanol–water partition coefficient (Wildman–Crippen LogP) is 3.80. The third-order valence-corrected chi connectivity index (χ3v) is 3.34. The van der Waals surface area contributed by atoms with Crippen LogP contribution in [0.5, 0.6) is 11.5 Å². The first kappa shape index (κ1) is 19.4. The van der Waals surface area contributed by atoms with E-state index in [2.05, 4.69) is 29.0 Å². The lowest BCUT2D eigenvalue weighted by atomic mass is 10.2. The molecule has 26 heavy (non-hydrogen) atoms. The number of ether oxygens (including phenoxy) is 2. The highest BCUT2D eigenvalue weighted by Crippen LogP contribution is 2.29. The Balaban J connectivity index is 2.05. The summed E-state index contributed by atoms with van der Waals surface area (Å²) in [4.78, 5) is 12.1. The van der Waals surface area contributed by atoms with Crippen molar-refractivity contribution in [3.63, 3.8) is 0 Å². The quantitative estimate of drug-likeness (QED) is 0.723. The second-order valence-corrected chi connectivity index (χ2v) is 5.90. The SMILES string of the molecule is COc1cc(/C=C/C(=O)Nc2ccnn2CC(C)C)ccc1OC(F)F. The van der Waals surface area contributed by atoms with Crippen LogP contribution in [0.4, 0.5) is 14.6 Å². The maximum Gasteiger partial charge on any atom is 0.387 e. The van der Waals surface area contributed by atoms with Crippen molar-refractivity contribution >= 4 is 17.8 Å². The molecule has 1 aromatic carbocycles. The van der Waals surface area contributed by atoms with E-state index in [1.54, 1.807) is 29.1 Å². The van der Waals surface area contributed by atoms with E-state index in [1.165, 1.54) is 25.3 Å². The Bertz CT molecular complexity index is 773. The molecule has 1 heterocycles. The minimum Gasteiger partial charge on any atom is -0.493 e. The standard InChI is InChI=1S/C18H21F2N3O3/c1-12(2)11-23-16(8-9-21-23)22-17(24)7-5-13-4-6-14(26-18(19)20)15(10-13)25-3/h4-10,12,18H,11H2,1-3H3,(H,22,24)/b7-5+. The molecule has 0 bridgehead atoms. The number of anilines is 1. The number of rotatable bonds is 8. The Kier molecular flexibility index (Phi) is 6.71. The van der Waals surface area contributed by atoms with E-state index < -0.39 is 6.61 Å². The summed E-state index contributed by atoms with van der Waals surface area (Å²) in [5.74, 6) is 0.751. The summed E-state index contributed by atoms with van der Waals surface area (Å²) in [7, 11) is 1.35. The number of carbonyl (C=O) groups is 1. The summed E-state index contributed by atoms with van der Waals surface area (Å²) in [5.41, 5.74) is 0.606. The highest BCUT2D eigenvalue weighted by molar-refractivity contribution is 6.01.